The zero-order valence-corrected chi connectivity index (χ0v) is 11.1. The van der Waals surface area contributed by atoms with Crippen LogP contribution in [0.3, 0.4) is 0 Å². The third-order valence-corrected chi connectivity index (χ3v) is 3.46. The maximum Gasteiger partial charge on any atom is 0.122 e. The number of hydrogen-bond donors (Lipinski definition) is 1. The quantitative estimate of drug-likeness (QED) is 0.855. The largest absolute Gasteiger partial charge is 0.334 e. The van der Waals surface area contributed by atoms with Gasteiger partial charge in [0.15, 0.2) is 0 Å². The van der Waals surface area contributed by atoms with Crippen LogP contribution < -0.4 is 5.32 Å². The first-order valence-corrected chi connectivity index (χ1v) is 6.79. The van der Waals surface area contributed by atoms with Crippen LogP contribution in [0.1, 0.15) is 29.9 Å². The van der Waals surface area contributed by atoms with Gasteiger partial charge in [0.2, 0.25) is 0 Å². The van der Waals surface area contributed by atoms with Crippen LogP contribution in [0.15, 0.2) is 17.8 Å². The molecular formula is C12H18N4S. The van der Waals surface area contributed by atoms with Crippen molar-refractivity contribution in [2.75, 3.05) is 0 Å². The molecule has 0 aliphatic heterocycles. The molecule has 0 bridgehead atoms. The molecule has 0 radical (unpaired) electrons. The molecule has 0 unspecified atom stereocenters. The van der Waals surface area contributed by atoms with Gasteiger partial charge in [-0.3, -0.25) is 0 Å². The molecule has 0 aliphatic carbocycles. The van der Waals surface area contributed by atoms with Crippen molar-refractivity contribution in [3.63, 3.8) is 0 Å². The molecule has 2 rings (SSSR count). The summed E-state index contributed by atoms with van der Waals surface area (Å²) in [6.07, 6.45) is 5.03. The Morgan fingerprint density at radius 3 is 3.00 bits per heavy atom. The van der Waals surface area contributed by atoms with Crippen LogP contribution in [0.2, 0.25) is 0 Å². The highest BCUT2D eigenvalue weighted by Gasteiger charge is 2.02. The van der Waals surface area contributed by atoms with E-state index in [9.17, 15) is 0 Å². The minimum Gasteiger partial charge on any atom is -0.334 e. The molecule has 1 N–H and O–H groups in total. The van der Waals surface area contributed by atoms with Crippen LogP contribution in [0.25, 0.3) is 0 Å². The number of thiazole rings is 1. The Morgan fingerprint density at radius 2 is 2.29 bits per heavy atom. The highest BCUT2D eigenvalue weighted by molar-refractivity contribution is 7.09. The third-order valence-electron chi connectivity index (χ3n) is 2.49. The van der Waals surface area contributed by atoms with Gasteiger partial charge in [-0.05, 0) is 13.3 Å². The summed E-state index contributed by atoms with van der Waals surface area (Å²) >= 11 is 1.70. The van der Waals surface area contributed by atoms with Gasteiger partial charge in [-0.25, -0.2) is 9.97 Å². The van der Waals surface area contributed by atoms with Gasteiger partial charge < -0.3 is 9.88 Å². The minimum atomic E-state index is 0.797. The summed E-state index contributed by atoms with van der Waals surface area (Å²) in [5.41, 5.74) is 1.10. The van der Waals surface area contributed by atoms with E-state index in [4.69, 9.17) is 0 Å². The lowest BCUT2D eigenvalue weighted by molar-refractivity contribution is 0.587. The second kappa shape index (κ2) is 5.93. The third kappa shape index (κ3) is 3.38. The summed E-state index contributed by atoms with van der Waals surface area (Å²) in [6.45, 7) is 6.85. The first-order chi connectivity index (χ1) is 8.29. The number of aryl methyl sites for hydroxylation is 2. The number of imidazole rings is 1. The van der Waals surface area contributed by atoms with E-state index in [-0.39, 0.29) is 0 Å². The molecule has 0 saturated carbocycles. The summed E-state index contributed by atoms with van der Waals surface area (Å²) in [5, 5.41) is 6.59. The van der Waals surface area contributed by atoms with Gasteiger partial charge in [0.25, 0.3) is 0 Å². The van der Waals surface area contributed by atoms with Crippen molar-refractivity contribution in [2.45, 2.75) is 39.9 Å². The van der Waals surface area contributed by atoms with E-state index >= 15 is 0 Å². The lowest BCUT2D eigenvalue weighted by Gasteiger charge is -2.06. The number of nitrogens with zero attached hydrogens (tertiary/aromatic N) is 3. The molecule has 92 valence electrons. The SMILES string of the molecule is CCCn1ccnc1CNCc1nc(C)cs1. The van der Waals surface area contributed by atoms with Crippen molar-refractivity contribution in [1.82, 2.24) is 19.9 Å². The van der Waals surface area contributed by atoms with Crippen molar-refractivity contribution in [1.29, 1.82) is 0 Å². The monoisotopic (exact) mass is 250 g/mol. The zero-order chi connectivity index (χ0) is 12.1. The number of hydrogen-bond acceptors (Lipinski definition) is 4. The fraction of sp³-hybridized carbons (Fsp3) is 0.500. The van der Waals surface area contributed by atoms with Crippen LogP contribution >= 0.6 is 11.3 Å². The molecule has 0 atom stereocenters. The van der Waals surface area contributed by atoms with Crippen LogP contribution in [0.4, 0.5) is 0 Å². The van der Waals surface area contributed by atoms with Crippen LogP contribution in [-0.4, -0.2) is 14.5 Å². The van der Waals surface area contributed by atoms with E-state index in [1.54, 1.807) is 11.3 Å². The lowest BCUT2D eigenvalue weighted by atomic mass is 10.4. The minimum absolute atomic E-state index is 0.797. The maximum atomic E-state index is 4.42. The molecule has 0 saturated heterocycles. The summed E-state index contributed by atoms with van der Waals surface area (Å²) in [6, 6.07) is 0. The molecule has 0 spiro atoms. The Bertz CT molecular complexity index is 461. The van der Waals surface area contributed by atoms with Gasteiger partial charge in [0, 0.05) is 36.6 Å². The smallest absolute Gasteiger partial charge is 0.122 e. The lowest BCUT2D eigenvalue weighted by Crippen LogP contribution is -2.16. The molecule has 0 amide bonds. The molecule has 4 nitrogen and oxygen atoms in total. The van der Waals surface area contributed by atoms with E-state index in [1.165, 1.54) is 0 Å². The van der Waals surface area contributed by atoms with Crippen molar-refractivity contribution in [3.8, 4) is 0 Å². The van der Waals surface area contributed by atoms with Crippen LogP contribution in [0.5, 0.6) is 0 Å². The fourth-order valence-electron chi connectivity index (χ4n) is 1.72. The van der Waals surface area contributed by atoms with Gasteiger partial charge in [-0.15, -0.1) is 11.3 Å². The molecule has 5 heteroatoms. The topological polar surface area (TPSA) is 42.7 Å². The van der Waals surface area contributed by atoms with Crippen molar-refractivity contribution in [3.05, 3.63) is 34.3 Å². The Morgan fingerprint density at radius 1 is 1.41 bits per heavy atom. The second-order valence-electron chi connectivity index (χ2n) is 4.02. The predicted molar refractivity (Wildman–Crippen MR) is 69.9 cm³/mol. The van der Waals surface area contributed by atoms with Crippen molar-refractivity contribution < 1.29 is 0 Å². The summed E-state index contributed by atoms with van der Waals surface area (Å²) in [5.74, 6) is 1.10. The molecule has 2 aromatic rings. The molecule has 2 heterocycles. The molecule has 2 aromatic heterocycles. The van der Waals surface area contributed by atoms with E-state index in [2.05, 4.69) is 32.2 Å². The van der Waals surface area contributed by atoms with Crippen LogP contribution in [0, 0.1) is 6.92 Å². The van der Waals surface area contributed by atoms with E-state index in [0.717, 1.165) is 42.6 Å². The van der Waals surface area contributed by atoms with Crippen molar-refractivity contribution >= 4 is 11.3 Å². The number of nitrogens with one attached hydrogen (secondary N) is 1. The predicted octanol–water partition coefficient (Wildman–Crippen LogP) is 2.35. The molecule has 17 heavy (non-hydrogen) atoms. The summed E-state index contributed by atoms with van der Waals surface area (Å²) < 4.78 is 2.19. The fourth-order valence-corrected chi connectivity index (χ4v) is 2.46. The Labute approximate surface area is 106 Å². The van der Waals surface area contributed by atoms with E-state index < -0.39 is 0 Å². The van der Waals surface area contributed by atoms with E-state index in [1.807, 2.05) is 19.3 Å². The van der Waals surface area contributed by atoms with Gasteiger partial charge in [0.1, 0.15) is 10.8 Å². The zero-order valence-electron chi connectivity index (χ0n) is 10.3. The first-order valence-electron chi connectivity index (χ1n) is 5.91. The van der Waals surface area contributed by atoms with Gasteiger partial charge in [-0.1, -0.05) is 6.92 Å². The summed E-state index contributed by atoms with van der Waals surface area (Å²) in [7, 11) is 0. The molecule has 0 fully saturated rings. The second-order valence-corrected chi connectivity index (χ2v) is 4.97. The molecule has 0 aromatic carbocycles. The standard InChI is InChI=1S/C12H18N4S/c1-3-5-16-6-4-14-11(16)7-13-8-12-15-10(2)9-17-12/h4,6,9,13H,3,5,7-8H2,1-2H3. The normalized spacial score (nSPS) is 10.9. The molecular weight excluding hydrogens is 232 g/mol. The Hall–Kier alpha value is -1.20. The van der Waals surface area contributed by atoms with Crippen LogP contribution in [-0.2, 0) is 19.6 Å². The Kier molecular flexibility index (Phi) is 4.28. The summed E-state index contributed by atoms with van der Waals surface area (Å²) in [4.78, 5) is 8.77. The first kappa shape index (κ1) is 12.3. The number of aromatic nitrogens is 3. The van der Waals surface area contributed by atoms with Gasteiger partial charge >= 0.3 is 0 Å². The van der Waals surface area contributed by atoms with Crippen molar-refractivity contribution in [2.24, 2.45) is 0 Å². The van der Waals surface area contributed by atoms with E-state index in [0.29, 0.717) is 0 Å². The van der Waals surface area contributed by atoms with Gasteiger partial charge in [0.05, 0.1) is 6.54 Å². The highest BCUT2D eigenvalue weighted by atomic mass is 32.1. The highest BCUT2D eigenvalue weighted by Crippen LogP contribution is 2.08. The van der Waals surface area contributed by atoms with Gasteiger partial charge in [-0.2, -0.15) is 0 Å². The maximum absolute atomic E-state index is 4.42. The Balaban J connectivity index is 1.83. The number of rotatable bonds is 6. The average Bonchev–Trinajstić information content (AvgIpc) is 2.90. The average molecular weight is 250 g/mol. The molecule has 0 aliphatic rings.